The van der Waals surface area contributed by atoms with Gasteiger partial charge in [0, 0.05) is 33.7 Å². The lowest BCUT2D eigenvalue weighted by Crippen LogP contribution is -2.40. The number of ether oxygens (including phenoxy) is 1. The maximum atomic E-state index is 11.8. The van der Waals surface area contributed by atoms with E-state index in [4.69, 9.17) is 16.3 Å². The Balaban J connectivity index is 2.33. The fraction of sp³-hybridized carbons (Fsp3) is 0.467. The fourth-order valence-corrected chi connectivity index (χ4v) is 1.96. The van der Waals surface area contributed by atoms with Gasteiger partial charge in [-0.3, -0.25) is 4.79 Å². The van der Waals surface area contributed by atoms with Crippen molar-refractivity contribution < 1.29 is 14.3 Å². The molecule has 6 nitrogen and oxygen atoms in total. The van der Waals surface area contributed by atoms with Crippen LogP contribution in [-0.4, -0.2) is 50.7 Å². The number of hydrogen-bond donors (Lipinski definition) is 2. The van der Waals surface area contributed by atoms with Gasteiger partial charge in [0.2, 0.25) is 5.91 Å². The molecule has 1 aromatic carbocycles. The van der Waals surface area contributed by atoms with Gasteiger partial charge in [-0.15, -0.1) is 0 Å². The SMILES string of the molecule is COCCN(C)C(=O)NCCC(=O)Nc1ccc(C)cc1Cl. The van der Waals surface area contributed by atoms with Crippen molar-refractivity contribution >= 4 is 29.2 Å². The molecule has 0 saturated carbocycles. The minimum atomic E-state index is -0.238. The average Bonchev–Trinajstić information content (AvgIpc) is 2.47. The van der Waals surface area contributed by atoms with E-state index in [-0.39, 0.29) is 24.9 Å². The number of nitrogens with one attached hydrogen (secondary N) is 2. The molecule has 0 aliphatic rings. The van der Waals surface area contributed by atoms with Crippen LogP contribution in [0.15, 0.2) is 18.2 Å². The summed E-state index contributed by atoms with van der Waals surface area (Å²) in [7, 11) is 3.24. The topological polar surface area (TPSA) is 70.7 Å². The van der Waals surface area contributed by atoms with Gasteiger partial charge in [-0.2, -0.15) is 0 Å². The van der Waals surface area contributed by atoms with Crippen molar-refractivity contribution in [1.29, 1.82) is 0 Å². The Bertz CT molecular complexity index is 523. The Hall–Kier alpha value is -1.79. The standard InChI is InChI=1S/C15H22ClN3O3/c1-11-4-5-13(12(16)10-11)18-14(20)6-7-17-15(21)19(2)8-9-22-3/h4-5,10H,6-9H2,1-3H3,(H,17,21)(H,18,20). The lowest BCUT2D eigenvalue weighted by molar-refractivity contribution is -0.116. The second-order valence-electron chi connectivity index (χ2n) is 4.93. The molecule has 0 heterocycles. The van der Waals surface area contributed by atoms with E-state index in [1.165, 1.54) is 4.90 Å². The van der Waals surface area contributed by atoms with Crippen LogP contribution < -0.4 is 10.6 Å². The second kappa shape index (κ2) is 9.27. The molecule has 2 N–H and O–H groups in total. The van der Waals surface area contributed by atoms with Crippen molar-refractivity contribution in [2.45, 2.75) is 13.3 Å². The molecule has 122 valence electrons. The van der Waals surface area contributed by atoms with Crippen molar-refractivity contribution in [3.8, 4) is 0 Å². The third-order valence-electron chi connectivity index (χ3n) is 3.00. The number of carbonyl (C=O) groups excluding carboxylic acids is 2. The Morgan fingerprint density at radius 2 is 2.09 bits per heavy atom. The van der Waals surface area contributed by atoms with Crippen LogP contribution >= 0.6 is 11.6 Å². The van der Waals surface area contributed by atoms with Gasteiger partial charge in [0.25, 0.3) is 0 Å². The van der Waals surface area contributed by atoms with Crippen molar-refractivity contribution in [1.82, 2.24) is 10.2 Å². The number of urea groups is 1. The van der Waals surface area contributed by atoms with E-state index >= 15 is 0 Å². The number of amides is 3. The molecule has 3 amide bonds. The zero-order valence-corrected chi connectivity index (χ0v) is 13.9. The summed E-state index contributed by atoms with van der Waals surface area (Å²) in [6, 6.07) is 5.17. The van der Waals surface area contributed by atoms with Crippen LogP contribution in [0, 0.1) is 6.92 Å². The summed E-state index contributed by atoms with van der Waals surface area (Å²) >= 11 is 6.05. The maximum Gasteiger partial charge on any atom is 0.317 e. The number of benzene rings is 1. The van der Waals surface area contributed by atoms with Crippen LogP contribution in [0.2, 0.25) is 5.02 Å². The first kappa shape index (κ1) is 18.3. The number of halogens is 1. The monoisotopic (exact) mass is 327 g/mol. The van der Waals surface area contributed by atoms with E-state index in [0.29, 0.717) is 23.9 Å². The number of nitrogens with zero attached hydrogens (tertiary/aromatic N) is 1. The minimum absolute atomic E-state index is 0.175. The van der Waals surface area contributed by atoms with E-state index in [0.717, 1.165) is 5.56 Å². The first-order valence-corrected chi connectivity index (χ1v) is 7.35. The summed E-state index contributed by atoms with van der Waals surface area (Å²) < 4.78 is 4.89. The van der Waals surface area contributed by atoms with Crippen LogP contribution in [0.3, 0.4) is 0 Å². The van der Waals surface area contributed by atoms with E-state index in [2.05, 4.69) is 10.6 Å². The Labute approximate surface area is 135 Å². The molecule has 0 atom stereocenters. The lowest BCUT2D eigenvalue weighted by Gasteiger charge is -2.17. The van der Waals surface area contributed by atoms with Gasteiger partial charge >= 0.3 is 6.03 Å². The highest BCUT2D eigenvalue weighted by atomic mass is 35.5. The van der Waals surface area contributed by atoms with Crippen LogP contribution in [0.4, 0.5) is 10.5 Å². The number of carbonyl (C=O) groups is 2. The average molecular weight is 328 g/mol. The number of likely N-dealkylation sites (N-methyl/N-ethyl adjacent to an activating group) is 1. The first-order valence-electron chi connectivity index (χ1n) is 6.98. The summed E-state index contributed by atoms with van der Waals surface area (Å²) in [6.45, 7) is 3.14. The zero-order valence-electron chi connectivity index (χ0n) is 13.1. The van der Waals surface area contributed by atoms with E-state index < -0.39 is 0 Å². The molecular weight excluding hydrogens is 306 g/mol. The predicted molar refractivity (Wildman–Crippen MR) is 87.3 cm³/mol. The predicted octanol–water partition coefficient (Wildman–Crippen LogP) is 2.26. The fourth-order valence-electron chi connectivity index (χ4n) is 1.68. The van der Waals surface area contributed by atoms with E-state index in [1.807, 2.05) is 13.0 Å². The van der Waals surface area contributed by atoms with Crippen LogP contribution in [0.25, 0.3) is 0 Å². The van der Waals surface area contributed by atoms with Gasteiger partial charge in [-0.1, -0.05) is 17.7 Å². The minimum Gasteiger partial charge on any atom is -0.383 e. The van der Waals surface area contributed by atoms with E-state index in [1.54, 1.807) is 26.3 Å². The molecule has 1 aromatic rings. The zero-order chi connectivity index (χ0) is 16.5. The summed E-state index contributed by atoms with van der Waals surface area (Å²) in [5.74, 6) is -0.203. The van der Waals surface area contributed by atoms with Crippen molar-refractivity contribution in [3.05, 3.63) is 28.8 Å². The summed E-state index contributed by atoms with van der Waals surface area (Å²) in [4.78, 5) is 25.0. The smallest absolute Gasteiger partial charge is 0.317 e. The van der Waals surface area contributed by atoms with Crippen molar-refractivity contribution in [2.24, 2.45) is 0 Å². The van der Waals surface area contributed by atoms with Crippen LogP contribution in [0.1, 0.15) is 12.0 Å². The largest absolute Gasteiger partial charge is 0.383 e. The maximum absolute atomic E-state index is 11.8. The van der Waals surface area contributed by atoms with Gasteiger partial charge in [-0.25, -0.2) is 4.79 Å². The molecule has 0 fully saturated rings. The highest BCUT2D eigenvalue weighted by Gasteiger charge is 2.09. The second-order valence-corrected chi connectivity index (χ2v) is 5.33. The molecule has 0 saturated heterocycles. The highest BCUT2D eigenvalue weighted by molar-refractivity contribution is 6.33. The summed E-state index contributed by atoms with van der Waals surface area (Å²) in [5.41, 5.74) is 1.59. The molecule has 0 aliphatic heterocycles. The number of methoxy groups -OCH3 is 1. The third kappa shape index (κ3) is 6.32. The lowest BCUT2D eigenvalue weighted by atomic mass is 10.2. The number of anilines is 1. The molecule has 0 aliphatic carbocycles. The molecule has 22 heavy (non-hydrogen) atoms. The van der Waals surface area contributed by atoms with Crippen molar-refractivity contribution in [3.63, 3.8) is 0 Å². The highest BCUT2D eigenvalue weighted by Crippen LogP contribution is 2.22. The molecule has 0 aromatic heterocycles. The summed E-state index contributed by atoms with van der Waals surface area (Å²) in [6.07, 6.45) is 0.175. The Morgan fingerprint density at radius 1 is 1.36 bits per heavy atom. The van der Waals surface area contributed by atoms with Gasteiger partial charge < -0.3 is 20.3 Å². The molecule has 7 heteroatoms. The molecule has 0 bridgehead atoms. The molecule has 0 radical (unpaired) electrons. The number of rotatable bonds is 7. The normalized spacial score (nSPS) is 10.2. The van der Waals surface area contributed by atoms with Crippen molar-refractivity contribution in [2.75, 3.05) is 39.2 Å². The molecular formula is C15H22ClN3O3. The van der Waals surface area contributed by atoms with E-state index in [9.17, 15) is 9.59 Å². The quantitative estimate of drug-likeness (QED) is 0.807. The van der Waals surface area contributed by atoms with Gasteiger partial charge in [0.05, 0.1) is 17.3 Å². The number of hydrogen-bond acceptors (Lipinski definition) is 3. The first-order chi connectivity index (χ1) is 10.4. The molecule has 0 unspecified atom stereocenters. The van der Waals surface area contributed by atoms with Crippen LogP contribution in [-0.2, 0) is 9.53 Å². The Morgan fingerprint density at radius 3 is 2.73 bits per heavy atom. The van der Waals surface area contributed by atoms with Gasteiger partial charge in [0.1, 0.15) is 0 Å². The molecule has 0 spiro atoms. The Kier molecular flexibility index (Phi) is 7.70. The number of aryl methyl sites for hydroxylation is 1. The van der Waals surface area contributed by atoms with Crippen LogP contribution in [0.5, 0.6) is 0 Å². The van der Waals surface area contributed by atoms with Gasteiger partial charge in [0.15, 0.2) is 0 Å². The third-order valence-corrected chi connectivity index (χ3v) is 3.32. The molecule has 1 rings (SSSR count). The van der Waals surface area contributed by atoms with Gasteiger partial charge in [-0.05, 0) is 24.6 Å². The summed E-state index contributed by atoms with van der Waals surface area (Å²) in [5, 5.41) is 5.89.